The van der Waals surface area contributed by atoms with Crippen molar-refractivity contribution in [1.29, 1.82) is 0 Å². The van der Waals surface area contributed by atoms with Crippen LogP contribution in [0, 0.1) is 0 Å². The van der Waals surface area contributed by atoms with Crippen molar-refractivity contribution in [1.82, 2.24) is 0 Å². The molecule has 1 saturated heterocycles. The van der Waals surface area contributed by atoms with E-state index in [0.717, 1.165) is 12.8 Å². The molecule has 1 aromatic rings. The van der Waals surface area contributed by atoms with E-state index in [-0.39, 0.29) is 6.10 Å². The van der Waals surface area contributed by atoms with Crippen LogP contribution >= 0.6 is 0 Å². The zero-order valence-electron chi connectivity index (χ0n) is 10.3. The molecule has 2 rings (SSSR count). The van der Waals surface area contributed by atoms with Crippen LogP contribution in [-0.2, 0) is 9.47 Å². The van der Waals surface area contributed by atoms with Gasteiger partial charge in [-0.25, -0.2) is 4.79 Å². The second kappa shape index (κ2) is 5.73. The fourth-order valence-corrected chi connectivity index (χ4v) is 1.89. The Bertz CT molecular complexity index is 427. The van der Waals surface area contributed by atoms with E-state index in [4.69, 9.17) is 19.9 Å². The highest BCUT2D eigenvalue weighted by Gasteiger charge is 2.19. The van der Waals surface area contributed by atoms with Crippen molar-refractivity contribution in [2.75, 3.05) is 26.1 Å². The molecule has 0 radical (unpaired) electrons. The maximum atomic E-state index is 11.6. The first-order valence-corrected chi connectivity index (χ1v) is 5.93. The molecule has 0 spiro atoms. The summed E-state index contributed by atoms with van der Waals surface area (Å²) in [6, 6.07) is 4.93. The first-order valence-electron chi connectivity index (χ1n) is 5.93. The van der Waals surface area contributed by atoms with Crippen LogP contribution in [0.4, 0.5) is 5.69 Å². The minimum Gasteiger partial charge on any atom is -0.489 e. The van der Waals surface area contributed by atoms with Crippen LogP contribution in [-0.4, -0.2) is 32.4 Å². The Morgan fingerprint density at radius 2 is 2.11 bits per heavy atom. The molecule has 5 nitrogen and oxygen atoms in total. The standard InChI is InChI=1S/C13H17NO4/c1-16-13(15)11-3-2-9(14)8-12(11)18-10-4-6-17-7-5-10/h2-3,8,10H,4-7,14H2,1H3. The van der Waals surface area contributed by atoms with Crippen LogP contribution in [0.2, 0.25) is 0 Å². The molecule has 0 unspecified atom stereocenters. The Hall–Kier alpha value is -1.75. The van der Waals surface area contributed by atoms with Crippen LogP contribution in [0.3, 0.4) is 0 Å². The van der Waals surface area contributed by atoms with E-state index in [1.54, 1.807) is 18.2 Å². The lowest BCUT2D eigenvalue weighted by molar-refractivity contribution is 0.0246. The smallest absolute Gasteiger partial charge is 0.341 e. The average molecular weight is 251 g/mol. The van der Waals surface area contributed by atoms with E-state index in [9.17, 15) is 4.79 Å². The topological polar surface area (TPSA) is 70.8 Å². The first kappa shape index (κ1) is 12.7. The van der Waals surface area contributed by atoms with E-state index < -0.39 is 5.97 Å². The lowest BCUT2D eigenvalue weighted by Crippen LogP contribution is -2.26. The van der Waals surface area contributed by atoms with Crippen LogP contribution in [0.1, 0.15) is 23.2 Å². The minimum atomic E-state index is -0.419. The molecule has 98 valence electrons. The van der Waals surface area contributed by atoms with Gasteiger partial charge >= 0.3 is 5.97 Å². The fraction of sp³-hybridized carbons (Fsp3) is 0.462. The molecule has 18 heavy (non-hydrogen) atoms. The van der Waals surface area contributed by atoms with Gasteiger partial charge in [-0.2, -0.15) is 0 Å². The van der Waals surface area contributed by atoms with Crippen LogP contribution in [0.5, 0.6) is 5.75 Å². The molecule has 1 aliphatic heterocycles. The van der Waals surface area contributed by atoms with Gasteiger partial charge in [0, 0.05) is 24.6 Å². The third-order valence-corrected chi connectivity index (χ3v) is 2.87. The molecule has 0 atom stereocenters. The summed E-state index contributed by atoms with van der Waals surface area (Å²) in [5, 5.41) is 0. The highest BCUT2D eigenvalue weighted by molar-refractivity contribution is 5.93. The van der Waals surface area contributed by atoms with Gasteiger partial charge in [-0.15, -0.1) is 0 Å². The zero-order chi connectivity index (χ0) is 13.0. The maximum Gasteiger partial charge on any atom is 0.341 e. The van der Waals surface area contributed by atoms with E-state index in [2.05, 4.69) is 0 Å². The highest BCUT2D eigenvalue weighted by Crippen LogP contribution is 2.25. The van der Waals surface area contributed by atoms with E-state index >= 15 is 0 Å². The summed E-state index contributed by atoms with van der Waals surface area (Å²) in [6.45, 7) is 1.36. The van der Waals surface area contributed by atoms with E-state index in [1.807, 2.05) is 0 Å². The highest BCUT2D eigenvalue weighted by atomic mass is 16.5. The summed E-state index contributed by atoms with van der Waals surface area (Å²) in [5.41, 5.74) is 6.68. The van der Waals surface area contributed by atoms with Gasteiger partial charge in [0.1, 0.15) is 17.4 Å². The van der Waals surface area contributed by atoms with E-state index in [0.29, 0.717) is 30.2 Å². The molecule has 2 N–H and O–H groups in total. The van der Waals surface area contributed by atoms with Gasteiger partial charge in [-0.3, -0.25) is 0 Å². The molecule has 0 amide bonds. The second-order valence-corrected chi connectivity index (χ2v) is 4.18. The number of rotatable bonds is 3. The second-order valence-electron chi connectivity index (χ2n) is 4.18. The van der Waals surface area contributed by atoms with Crippen molar-refractivity contribution in [2.24, 2.45) is 0 Å². The summed E-state index contributed by atoms with van der Waals surface area (Å²) >= 11 is 0. The lowest BCUT2D eigenvalue weighted by Gasteiger charge is -2.24. The number of anilines is 1. The normalized spacial score (nSPS) is 16.3. The Morgan fingerprint density at radius 1 is 1.39 bits per heavy atom. The summed E-state index contributed by atoms with van der Waals surface area (Å²) < 4.78 is 15.8. The number of nitrogen functional groups attached to an aromatic ring is 1. The zero-order valence-corrected chi connectivity index (χ0v) is 10.3. The Balaban J connectivity index is 2.18. The molecule has 0 aliphatic carbocycles. The molecular formula is C13H17NO4. The van der Waals surface area contributed by atoms with Gasteiger partial charge in [0.2, 0.25) is 0 Å². The van der Waals surface area contributed by atoms with Gasteiger partial charge in [-0.05, 0) is 12.1 Å². The van der Waals surface area contributed by atoms with Crippen LogP contribution in [0.15, 0.2) is 18.2 Å². The van der Waals surface area contributed by atoms with E-state index in [1.165, 1.54) is 7.11 Å². The molecule has 0 aromatic heterocycles. The number of methoxy groups -OCH3 is 1. The number of hydrogen-bond acceptors (Lipinski definition) is 5. The number of esters is 1. The number of carbonyl (C=O) groups is 1. The Morgan fingerprint density at radius 3 is 2.78 bits per heavy atom. The van der Waals surface area contributed by atoms with Crippen LogP contribution in [0.25, 0.3) is 0 Å². The number of ether oxygens (including phenoxy) is 3. The summed E-state index contributed by atoms with van der Waals surface area (Å²) in [4.78, 5) is 11.6. The summed E-state index contributed by atoms with van der Waals surface area (Å²) in [6.07, 6.45) is 1.69. The van der Waals surface area contributed by atoms with Crippen molar-refractivity contribution in [2.45, 2.75) is 18.9 Å². The predicted molar refractivity (Wildman–Crippen MR) is 66.7 cm³/mol. The minimum absolute atomic E-state index is 0.0592. The van der Waals surface area contributed by atoms with Crippen LogP contribution < -0.4 is 10.5 Å². The summed E-state index contributed by atoms with van der Waals surface area (Å²) in [5.74, 6) is 0.0609. The molecule has 0 bridgehead atoms. The Labute approximate surface area is 106 Å². The van der Waals surface area contributed by atoms with Gasteiger partial charge in [0.15, 0.2) is 0 Å². The van der Waals surface area contributed by atoms with Gasteiger partial charge < -0.3 is 19.9 Å². The SMILES string of the molecule is COC(=O)c1ccc(N)cc1OC1CCOCC1. The predicted octanol–water partition coefficient (Wildman–Crippen LogP) is 1.61. The van der Waals surface area contributed by atoms with Gasteiger partial charge in [0.25, 0.3) is 0 Å². The third-order valence-electron chi connectivity index (χ3n) is 2.87. The number of carbonyl (C=O) groups excluding carboxylic acids is 1. The Kier molecular flexibility index (Phi) is 4.04. The van der Waals surface area contributed by atoms with Gasteiger partial charge in [-0.1, -0.05) is 0 Å². The van der Waals surface area contributed by atoms with Gasteiger partial charge in [0.05, 0.1) is 20.3 Å². The maximum absolute atomic E-state index is 11.6. The van der Waals surface area contributed by atoms with Crippen molar-refractivity contribution >= 4 is 11.7 Å². The summed E-state index contributed by atoms with van der Waals surface area (Å²) in [7, 11) is 1.34. The lowest BCUT2D eigenvalue weighted by atomic mass is 10.1. The number of hydrogen-bond donors (Lipinski definition) is 1. The number of benzene rings is 1. The quantitative estimate of drug-likeness (QED) is 0.653. The largest absolute Gasteiger partial charge is 0.489 e. The first-order chi connectivity index (χ1) is 8.70. The number of nitrogens with two attached hydrogens (primary N) is 1. The monoisotopic (exact) mass is 251 g/mol. The van der Waals surface area contributed by atoms with Crippen molar-refractivity contribution < 1.29 is 19.0 Å². The molecule has 1 fully saturated rings. The molecular weight excluding hydrogens is 234 g/mol. The van der Waals surface area contributed by atoms with Crippen molar-refractivity contribution in [3.8, 4) is 5.75 Å². The third kappa shape index (κ3) is 2.92. The molecule has 1 aliphatic rings. The molecule has 5 heteroatoms. The van der Waals surface area contributed by atoms with Crippen molar-refractivity contribution in [3.63, 3.8) is 0 Å². The molecule has 1 heterocycles. The van der Waals surface area contributed by atoms with Crippen molar-refractivity contribution in [3.05, 3.63) is 23.8 Å². The average Bonchev–Trinajstić information content (AvgIpc) is 2.39. The molecule has 0 saturated carbocycles. The molecule has 1 aromatic carbocycles. The fourth-order valence-electron chi connectivity index (χ4n) is 1.89.